The van der Waals surface area contributed by atoms with Gasteiger partial charge in [0.2, 0.25) is 0 Å². The maximum absolute atomic E-state index is 11.1. The van der Waals surface area contributed by atoms with Crippen molar-refractivity contribution in [3.8, 4) is 0 Å². The number of carbonyl (C=O) groups excluding carboxylic acids is 1. The summed E-state index contributed by atoms with van der Waals surface area (Å²) in [7, 11) is 0. The van der Waals surface area contributed by atoms with Crippen LogP contribution in [0.15, 0.2) is 24.5 Å². The molecule has 0 saturated heterocycles. The maximum atomic E-state index is 11.1. The second kappa shape index (κ2) is 3.28. The lowest BCUT2D eigenvalue weighted by Gasteiger charge is -1.91. The van der Waals surface area contributed by atoms with Gasteiger partial charge >= 0.3 is 5.91 Å². The van der Waals surface area contributed by atoms with E-state index in [1.54, 1.807) is 10.8 Å². The number of carbonyl (C=O) groups is 1. The second-order valence-corrected chi connectivity index (χ2v) is 2.54. The molecular formula is C9H12NO+. The molecule has 0 bridgehead atoms. The number of hydrogen-bond acceptors (Lipinski definition) is 1. The second-order valence-electron chi connectivity index (χ2n) is 2.54. The van der Waals surface area contributed by atoms with Gasteiger partial charge in [-0.05, 0) is 13.0 Å². The predicted octanol–water partition coefficient (Wildman–Crippen LogP) is 1.33. The van der Waals surface area contributed by atoms with Crippen LogP contribution in [0.2, 0.25) is 0 Å². The molecule has 11 heavy (non-hydrogen) atoms. The smallest absolute Gasteiger partial charge is 0.219 e. The van der Waals surface area contributed by atoms with E-state index < -0.39 is 0 Å². The summed E-state index contributed by atoms with van der Waals surface area (Å²) in [5, 5.41) is 0. The minimum absolute atomic E-state index is 0.133. The van der Waals surface area contributed by atoms with Crippen molar-refractivity contribution in [2.24, 2.45) is 0 Å². The Bertz CT molecular complexity index is 268. The van der Waals surface area contributed by atoms with Crippen LogP contribution in [0.4, 0.5) is 0 Å². The monoisotopic (exact) mass is 150 g/mol. The third-order valence-electron chi connectivity index (χ3n) is 1.54. The molecular weight excluding hydrogens is 138 g/mol. The largest absolute Gasteiger partial charge is 0.391 e. The van der Waals surface area contributed by atoms with Crippen LogP contribution in [0, 0.1) is 6.92 Å². The molecule has 0 amide bonds. The van der Waals surface area contributed by atoms with Crippen molar-refractivity contribution >= 4 is 5.91 Å². The highest BCUT2D eigenvalue weighted by molar-refractivity contribution is 5.66. The number of rotatable bonds is 1. The van der Waals surface area contributed by atoms with Gasteiger partial charge in [-0.1, -0.05) is 6.92 Å². The van der Waals surface area contributed by atoms with Crippen LogP contribution in [0.3, 0.4) is 0 Å². The van der Waals surface area contributed by atoms with Crippen molar-refractivity contribution in [3.05, 3.63) is 30.1 Å². The average molecular weight is 150 g/mol. The summed E-state index contributed by atoms with van der Waals surface area (Å²) >= 11 is 0. The standard InChI is InChI=1S/C9H12NO/c1-3-9(11)10-6-4-5-8(2)7-10/h4-7H,3H2,1-2H3/q+1. The lowest BCUT2D eigenvalue weighted by Crippen LogP contribution is -2.41. The highest BCUT2D eigenvalue weighted by Gasteiger charge is 2.09. The average Bonchev–Trinajstić information content (AvgIpc) is 2.03. The highest BCUT2D eigenvalue weighted by atomic mass is 16.1. The van der Waals surface area contributed by atoms with E-state index in [9.17, 15) is 4.79 Å². The molecule has 1 heterocycles. The Kier molecular flexibility index (Phi) is 2.36. The number of pyridine rings is 1. The van der Waals surface area contributed by atoms with Gasteiger partial charge in [0.15, 0.2) is 12.4 Å². The number of aromatic nitrogens is 1. The van der Waals surface area contributed by atoms with Crippen LogP contribution < -0.4 is 4.57 Å². The van der Waals surface area contributed by atoms with Gasteiger partial charge in [0, 0.05) is 11.6 Å². The van der Waals surface area contributed by atoms with E-state index in [4.69, 9.17) is 0 Å². The van der Waals surface area contributed by atoms with E-state index in [-0.39, 0.29) is 5.91 Å². The Hall–Kier alpha value is -1.18. The summed E-state index contributed by atoms with van der Waals surface area (Å²) in [6, 6.07) is 3.85. The first-order valence-electron chi connectivity index (χ1n) is 3.75. The lowest BCUT2D eigenvalue weighted by molar-refractivity contribution is -0.574. The molecule has 1 rings (SSSR count). The van der Waals surface area contributed by atoms with Gasteiger partial charge in [0.1, 0.15) is 0 Å². The van der Waals surface area contributed by atoms with Gasteiger partial charge in [0.25, 0.3) is 0 Å². The third-order valence-corrected chi connectivity index (χ3v) is 1.54. The molecule has 1 aromatic heterocycles. The number of hydrogen-bond donors (Lipinski definition) is 0. The Labute approximate surface area is 66.5 Å². The molecule has 0 aliphatic rings. The van der Waals surface area contributed by atoms with Crippen LogP contribution in [0.1, 0.15) is 23.7 Å². The van der Waals surface area contributed by atoms with Gasteiger partial charge in [-0.3, -0.25) is 0 Å². The summed E-state index contributed by atoms with van der Waals surface area (Å²) in [6.07, 6.45) is 4.17. The van der Waals surface area contributed by atoms with Crippen LogP contribution >= 0.6 is 0 Å². The fourth-order valence-electron chi connectivity index (χ4n) is 0.931. The molecule has 2 heteroatoms. The molecule has 0 saturated carbocycles. The summed E-state index contributed by atoms with van der Waals surface area (Å²) in [5.74, 6) is 0.133. The first-order valence-corrected chi connectivity index (χ1v) is 3.75. The van der Waals surface area contributed by atoms with Crippen LogP contribution in [0.5, 0.6) is 0 Å². The first-order chi connectivity index (χ1) is 5.24. The van der Waals surface area contributed by atoms with Gasteiger partial charge < -0.3 is 0 Å². The van der Waals surface area contributed by atoms with E-state index in [1.165, 1.54) is 0 Å². The summed E-state index contributed by atoms with van der Waals surface area (Å²) < 4.78 is 1.62. The van der Waals surface area contributed by atoms with Crippen molar-refractivity contribution in [2.45, 2.75) is 20.3 Å². The topological polar surface area (TPSA) is 20.9 Å². The predicted molar refractivity (Wildman–Crippen MR) is 42.3 cm³/mol. The molecule has 0 atom stereocenters. The van der Waals surface area contributed by atoms with Crippen molar-refractivity contribution < 1.29 is 9.36 Å². The number of aryl methyl sites for hydroxylation is 1. The van der Waals surface area contributed by atoms with E-state index in [0.29, 0.717) is 6.42 Å². The Morgan fingerprint density at radius 2 is 2.36 bits per heavy atom. The Balaban J connectivity index is 2.96. The van der Waals surface area contributed by atoms with E-state index >= 15 is 0 Å². The zero-order chi connectivity index (χ0) is 8.27. The molecule has 0 aliphatic heterocycles. The third kappa shape index (κ3) is 1.87. The fourth-order valence-corrected chi connectivity index (χ4v) is 0.931. The van der Waals surface area contributed by atoms with E-state index in [1.807, 2.05) is 32.2 Å². The maximum Gasteiger partial charge on any atom is 0.391 e. The molecule has 0 aromatic carbocycles. The highest BCUT2D eigenvalue weighted by Crippen LogP contribution is 1.89. The van der Waals surface area contributed by atoms with E-state index in [2.05, 4.69) is 0 Å². The SMILES string of the molecule is CCC(=O)[n+]1cccc(C)c1. The molecule has 0 spiro atoms. The van der Waals surface area contributed by atoms with Crippen molar-refractivity contribution in [1.29, 1.82) is 0 Å². The zero-order valence-corrected chi connectivity index (χ0v) is 6.87. The van der Waals surface area contributed by atoms with Gasteiger partial charge in [-0.2, -0.15) is 0 Å². The molecule has 0 N–H and O–H groups in total. The minimum Gasteiger partial charge on any atom is -0.219 e. The van der Waals surface area contributed by atoms with Crippen molar-refractivity contribution in [3.63, 3.8) is 0 Å². The molecule has 0 radical (unpaired) electrons. The van der Waals surface area contributed by atoms with Crippen molar-refractivity contribution in [1.82, 2.24) is 0 Å². The normalized spacial score (nSPS) is 9.64. The van der Waals surface area contributed by atoms with Crippen LogP contribution in [-0.4, -0.2) is 5.91 Å². The molecule has 0 aliphatic carbocycles. The molecule has 58 valence electrons. The van der Waals surface area contributed by atoms with Crippen LogP contribution in [0.25, 0.3) is 0 Å². The lowest BCUT2D eigenvalue weighted by atomic mass is 10.3. The zero-order valence-electron chi connectivity index (χ0n) is 6.87. The van der Waals surface area contributed by atoms with Crippen molar-refractivity contribution in [2.75, 3.05) is 0 Å². The molecule has 1 aromatic rings. The quantitative estimate of drug-likeness (QED) is 0.553. The molecule has 0 fully saturated rings. The first kappa shape index (κ1) is 7.92. The summed E-state index contributed by atoms with van der Waals surface area (Å²) in [5.41, 5.74) is 1.11. The molecule has 2 nitrogen and oxygen atoms in total. The summed E-state index contributed by atoms with van der Waals surface area (Å²) in [6.45, 7) is 3.83. The molecule has 0 unspecified atom stereocenters. The number of nitrogens with zero attached hydrogens (tertiary/aromatic N) is 1. The van der Waals surface area contributed by atoms with Crippen LogP contribution in [-0.2, 0) is 0 Å². The minimum atomic E-state index is 0.133. The summed E-state index contributed by atoms with van der Waals surface area (Å²) in [4.78, 5) is 11.1. The van der Waals surface area contributed by atoms with E-state index in [0.717, 1.165) is 5.56 Å². The Morgan fingerprint density at radius 3 is 2.91 bits per heavy atom. The van der Waals surface area contributed by atoms with Gasteiger partial charge in [-0.15, -0.1) is 4.57 Å². The Morgan fingerprint density at radius 1 is 1.64 bits per heavy atom. The fraction of sp³-hybridized carbons (Fsp3) is 0.333. The van der Waals surface area contributed by atoms with Gasteiger partial charge in [-0.25, -0.2) is 4.79 Å². The van der Waals surface area contributed by atoms with Gasteiger partial charge in [0.05, 0.1) is 6.42 Å².